The number of nitrogens with zero attached hydrogens (tertiary/aromatic N) is 1. The number of nitrogens with one attached hydrogen (secondary N) is 2. The highest BCUT2D eigenvalue weighted by atomic mass is 16.6. The molecule has 2 atom stereocenters. The molecule has 0 aliphatic heterocycles. The van der Waals surface area contributed by atoms with Crippen LogP contribution in [0.15, 0.2) is 18.2 Å². The summed E-state index contributed by atoms with van der Waals surface area (Å²) < 4.78 is 5.31. The zero-order valence-corrected chi connectivity index (χ0v) is 21.7. The first-order chi connectivity index (χ1) is 15.4. The Kier molecular flexibility index (Phi) is 11.4. The molecule has 0 heterocycles. The van der Waals surface area contributed by atoms with E-state index in [9.17, 15) is 14.4 Å². The second-order valence-electron chi connectivity index (χ2n) is 9.64. The van der Waals surface area contributed by atoms with Gasteiger partial charge in [0.05, 0.1) is 0 Å². The van der Waals surface area contributed by atoms with Gasteiger partial charge in [-0.1, -0.05) is 44.9 Å². The molecule has 0 saturated heterocycles. The van der Waals surface area contributed by atoms with E-state index in [0.717, 1.165) is 42.4 Å². The van der Waals surface area contributed by atoms with Crippen molar-refractivity contribution in [1.29, 1.82) is 0 Å². The van der Waals surface area contributed by atoms with E-state index < -0.39 is 23.8 Å². The third-order valence-electron chi connectivity index (χ3n) is 5.38. The minimum Gasteiger partial charge on any atom is -0.444 e. The lowest BCUT2D eigenvalue weighted by molar-refractivity contribution is -0.142. The number of hydrogen-bond acceptors (Lipinski definition) is 4. The van der Waals surface area contributed by atoms with Gasteiger partial charge in [-0.15, -0.1) is 0 Å². The predicted octanol–water partition coefficient (Wildman–Crippen LogP) is 4.80. The maximum atomic E-state index is 13.5. The van der Waals surface area contributed by atoms with E-state index >= 15 is 0 Å². The molecule has 0 radical (unpaired) electrons. The molecule has 0 aliphatic rings. The molecule has 3 amide bonds. The third-order valence-corrected chi connectivity index (χ3v) is 5.38. The van der Waals surface area contributed by atoms with Crippen LogP contribution in [0.2, 0.25) is 0 Å². The van der Waals surface area contributed by atoms with Crippen LogP contribution >= 0.6 is 0 Å². The van der Waals surface area contributed by atoms with Crippen LogP contribution in [-0.4, -0.2) is 47.5 Å². The van der Waals surface area contributed by atoms with Gasteiger partial charge in [-0.3, -0.25) is 9.59 Å². The van der Waals surface area contributed by atoms with Gasteiger partial charge in [0.15, 0.2) is 0 Å². The zero-order valence-electron chi connectivity index (χ0n) is 21.7. The van der Waals surface area contributed by atoms with Crippen molar-refractivity contribution in [2.45, 2.75) is 98.8 Å². The topological polar surface area (TPSA) is 87.7 Å². The van der Waals surface area contributed by atoms with Gasteiger partial charge in [-0.25, -0.2) is 4.79 Å². The van der Waals surface area contributed by atoms with Crippen LogP contribution in [-0.2, 0) is 14.3 Å². The molecule has 33 heavy (non-hydrogen) atoms. The Morgan fingerprint density at radius 2 is 1.67 bits per heavy atom. The van der Waals surface area contributed by atoms with Crippen LogP contribution < -0.4 is 10.6 Å². The highest BCUT2D eigenvalue weighted by molar-refractivity contribution is 5.92. The van der Waals surface area contributed by atoms with Crippen molar-refractivity contribution in [3.63, 3.8) is 0 Å². The van der Waals surface area contributed by atoms with Crippen molar-refractivity contribution in [2.75, 3.05) is 13.1 Å². The van der Waals surface area contributed by atoms with Gasteiger partial charge in [0.1, 0.15) is 17.7 Å². The normalized spacial score (nSPS) is 13.1. The van der Waals surface area contributed by atoms with E-state index in [-0.39, 0.29) is 11.8 Å². The Labute approximate surface area is 199 Å². The fourth-order valence-electron chi connectivity index (χ4n) is 3.38. The molecule has 0 aromatic heterocycles. The lowest BCUT2D eigenvalue weighted by Gasteiger charge is -2.34. The van der Waals surface area contributed by atoms with Crippen LogP contribution in [0.5, 0.6) is 0 Å². The van der Waals surface area contributed by atoms with Crippen molar-refractivity contribution in [3.8, 4) is 0 Å². The number of carbonyl (C=O) groups is 3. The van der Waals surface area contributed by atoms with E-state index in [0.29, 0.717) is 13.1 Å². The molecule has 0 aliphatic carbocycles. The molecule has 0 spiro atoms. The van der Waals surface area contributed by atoms with Crippen molar-refractivity contribution in [3.05, 3.63) is 34.9 Å². The van der Waals surface area contributed by atoms with E-state index in [2.05, 4.69) is 17.6 Å². The number of ether oxygens (including phenoxy) is 1. The molecule has 1 rings (SSSR count). The molecule has 2 unspecified atom stereocenters. The minimum atomic E-state index is -0.839. The molecular formula is C26H43N3O4. The monoisotopic (exact) mass is 461 g/mol. The average Bonchev–Trinajstić information content (AvgIpc) is 2.71. The quantitative estimate of drug-likeness (QED) is 0.463. The molecule has 0 saturated carbocycles. The maximum absolute atomic E-state index is 13.5. The lowest BCUT2D eigenvalue weighted by Crippen LogP contribution is -2.52. The first-order valence-electron chi connectivity index (χ1n) is 12.1. The largest absolute Gasteiger partial charge is 0.444 e. The van der Waals surface area contributed by atoms with Gasteiger partial charge in [0.2, 0.25) is 11.8 Å². The Hall–Kier alpha value is -2.57. The number of rotatable bonds is 11. The fraction of sp³-hybridized carbons (Fsp3) is 0.654. The Balaban J connectivity index is 3.28. The number of alkyl carbamates (subject to hydrolysis) is 1. The number of hydrogen-bond donors (Lipinski definition) is 2. The summed E-state index contributed by atoms with van der Waals surface area (Å²) in [6, 6.07) is 4.24. The number of unbranched alkanes of at least 4 members (excludes halogenated alkanes) is 2. The molecule has 1 aromatic rings. The second-order valence-corrected chi connectivity index (χ2v) is 9.64. The van der Waals surface area contributed by atoms with Crippen LogP contribution in [0.25, 0.3) is 0 Å². The van der Waals surface area contributed by atoms with Gasteiger partial charge < -0.3 is 20.3 Å². The Morgan fingerprint density at radius 1 is 1.03 bits per heavy atom. The summed E-state index contributed by atoms with van der Waals surface area (Å²) in [5.74, 6) is -0.524. The van der Waals surface area contributed by atoms with Gasteiger partial charge in [-0.05, 0) is 71.1 Å². The summed E-state index contributed by atoms with van der Waals surface area (Å²) in [6.45, 7) is 16.0. The molecule has 7 heteroatoms. The molecular weight excluding hydrogens is 418 g/mol. The molecule has 186 valence electrons. The molecule has 2 N–H and O–H groups in total. The first-order valence-corrected chi connectivity index (χ1v) is 12.1. The molecule has 1 aromatic carbocycles. The smallest absolute Gasteiger partial charge is 0.408 e. The van der Waals surface area contributed by atoms with Gasteiger partial charge in [-0.2, -0.15) is 0 Å². The summed E-state index contributed by atoms with van der Waals surface area (Å²) in [7, 11) is 0. The van der Waals surface area contributed by atoms with Crippen molar-refractivity contribution >= 4 is 17.9 Å². The van der Waals surface area contributed by atoms with Crippen LogP contribution in [0, 0.1) is 13.8 Å². The van der Waals surface area contributed by atoms with Crippen LogP contribution in [0.4, 0.5) is 4.79 Å². The highest BCUT2D eigenvalue weighted by Crippen LogP contribution is 2.25. The van der Waals surface area contributed by atoms with Crippen molar-refractivity contribution < 1.29 is 19.1 Å². The summed E-state index contributed by atoms with van der Waals surface area (Å²) in [6.07, 6.45) is 2.78. The van der Waals surface area contributed by atoms with E-state index in [1.54, 1.807) is 32.6 Å². The summed E-state index contributed by atoms with van der Waals surface area (Å²) >= 11 is 0. The summed E-state index contributed by atoms with van der Waals surface area (Å²) in [5.41, 5.74) is 2.27. The van der Waals surface area contributed by atoms with E-state index in [1.807, 2.05) is 39.0 Å². The number of benzene rings is 1. The standard InChI is InChI=1S/C26H43N3O4/c1-9-11-15-27-23(30)22(21-14-13-18(3)19(4)17-21)29(16-12-10-2)24(31)20(5)28-25(32)33-26(6,7)8/h13-14,17,20,22H,9-12,15-16H2,1-8H3,(H,27,30)(H,28,32). The molecule has 0 bridgehead atoms. The predicted molar refractivity (Wildman–Crippen MR) is 132 cm³/mol. The lowest BCUT2D eigenvalue weighted by atomic mass is 9.98. The van der Waals surface area contributed by atoms with Gasteiger partial charge >= 0.3 is 6.09 Å². The van der Waals surface area contributed by atoms with E-state index in [1.165, 1.54) is 0 Å². The minimum absolute atomic E-state index is 0.208. The summed E-state index contributed by atoms with van der Waals surface area (Å²) in [5, 5.41) is 5.62. The number of aryl methyl sites for hydroxylation is 2. The molecule has 7 nitrogen and oxygen atoms in total. The third kappa shape index (κ3) is 9.44. The van der Waals surface area contributed by atoms with Crippen LogP contribution in [0.1, 0.15) is 90.0 Å². The Bertz CT molecular complexity index is 801. The Morgan fingerprint density at radius 3 is 2.21 bits per heavy atom. The zero-order chi connectivity index (χ0) is 25.2. The fourth-order valence-corrected chi connectivity index (χ4v) is 3.38. The maximum Gasteiger partial charge on any atom is 0.408 e. The number of amides is 3. The van der Waals surface area contributed by atoms with E-state index in [4.69, 9.17) is 4.74 Å². The van der Waals surface area contributed by atoms with Crippen molar-refractivity contribution in [1.82, 2.24) is 15.5 Å². The molecule has 0 fully saturated rings. The van der Waals surface area contributed by atoms with Crippen LogP contribution in [0.3, 0.4) is 0 Å². The van der Waals surface area contributed by atoms with Gasteiger partial charge in [0.25, 0.3) is 0 Å². The number of carbonyl (C=O) groups excluding carboxylic acids is 3. The second kappa shape index (κ2) is 13.2. The first kappa shape index (κ1) is 28.5. The highest BCUT2D eigenvalue weighted by Gasteiger charge is 2.34. The van der Waals surface area contributed by atoms with Crippen molar-refractivity contribution in [2.24, 2.45) is 0 Å². The van der Waals surface area contributed by atoms with Gasteiger partial charge in [0, 0.05) is 13.1 Å². The SMILES string of the molecule is CCCCNC(=O)C(c1ccc(C)c(C)c1)N(CCCC)C(=O)C(C)NC(=O)OC(C)(C)C. The average molecular weight is 462 g/mol. The summed E-state index contributed by atoms with van der Waals surface area (Å²) in [4.78, 5) is 40.7.